The Bertz CT molecular complexity index is 1230. The summed E-state index contributed by atoms with van der Waals surface area (Å²) in [7, 11) is 0. The number of alkyl halides is 1. The maximum absolute atomic E-state index is 13.8. The number of benzene rings is 3. The van der Waals surface area contributed by atoms with E-state index in [1.165, 1.54) is 12.1 Å². The fraction of sp³-hybridized carbons (Fsp3) is 0.167. The predicted octanol–water partition coefficient (Wildman–Crippen LogP) is 4.28. The van der Waals surface area contributed by atoms with E-state index in [0.717, 1.165) is 27.2 Å². The van der Waals surface area contributed by atoms with Crippen molar-refractivity contribution in [3.05, 3.63) is 100 Å². The van der Waals surface area contributed by atoms with Crippen molar-refractivity contribution in [3.63, 3.8) is 0 Å². The number of hydrogen-bond donors (Lipinski definition) is 1. The molecule has 0 aromatic heterocycles. The van der Waals surface area contributed by atoms with Gasteiger partial charge in [-0.25, -0.2) is 4.90 Å². The van der Waals surface area contributed by atoms with Gasteiger partial charge in [0.2, 0.25) is 11.8 Å². The van der Waals surface area contributed by atoms with Gasteiger partial charge < -0.3 is 10.4 Å². The van der Waals surface area contributed by atoms with E-state index >= 15 is 0 Å². The largest absolute Gasteiger partial charge is 0.733 e. The third-order valence-electron chi connectivity index (χ3n) is 6.84. The fourth-order valence-corrected chi connectivity index (χ4v) is 6.93. The molecule has 4 aliphatic rings. The molecular formula is C24H16BrN2O4-. The van der Waals surface area contributed by atoms with Crippen LogP contribution in [0.15, 0.2) is 72.8 Å². The summed E-state index contributed by atoms with van der Waals surface area (Å²) in [4.78, 5) is 28.6. The van der Waals surface area contributed by atoms with Crippen molar-refractivity contribution in [2.75, 3.05) is 10.1 Å². The number of hydrogen-bond acceptors (Lipinski definition) is 5. The first kappa shape index (κ1) is 18.7. The average Bonchev–Trinajstić information content (AvgIpc) is 3.05. The van der Waals surface area contributed by atoms with E-state index in [-0.39, 0.29) is 34.3 Å². The summed E-state index contributed by atoms with van der Waals surface area (Å²) in [6.45, 7) is 0. The molecule has 1 aliphatic heterocycles. The van der Waals surface area contributed by atoms with E-state index in [2.05, 4.69) is 15.9 Å². The van der Waals surface area contributed by atoms with Crippen molar-refractivity contribution in [1.29, 1.82) is 0 Å². The molecule has 31 heavy (non-hydrogen) atoms. The first-order valence-corrected chi connectivity index (χ1v) is 10.8. The molecule has 3 aromatic carbocycles. The lowest BCUT2D eigenvalue weighted by atomic mass is 9.55. The van der Waals surface area contributed by atoms with Gasteiger partial charge in [0.1, 0.15) is 0 Å². The minimum atomic E-state index is -0.855. The number of carbonyl (C=O) groups is 2. The van der Waals surface area contributed by atoms with Gasteiger partial charge in [0.25, 0.3) is 0 Å². The molecule has 1 saturated heterocycles. The molecule has 2 bridgehead atoms. The molecule has 0 radical (unpaired) electrons. The van der Waals surface area contributed by atoms with Gasteiger partial charge in [-0.1, -0.05) is 76.6 Å². The second kappa shape index (κ2) is 6.26. The molecule has 1 N–H and O–H groups in total. The minimum Gasteiger partial charge on any atom is -0.733 e. The van der Waals surface area contributed by atoms with Crippen molar-refractivity contribution in [2.45, 2.75) is 10.2 Å². The summed E-state index contributed by atoms with van der Waals surface area (Å²) < 4.78 is -0.855. The van der Waals surface area contributed by atoms with Gasteiger partial charge in [-0.2, -0.15) is 0 Å². The van der Waals surface area contributed by atoms with Crippen LogP contribution in [0.25, 0.3) is 0 Å². The zero-order chi connectivity index (χ0) is 21.5. The summed E-state index contributed by atoms with van der Waals surface area (Å²) in [6, 6.07) is 21.9. The molecule has 3 aromatic rings. The number of anilines is 2. The Morgan fingerprint density at radius 1 is 0.871 bits per heavy atom. The van der Waals surface area contributed by atoms with Gasteiger partial charge in [0.05, 0.1) is 27.5 Å². The van der Waals surface area contributed by atoms with Crippen molar-refractivity contribution in [1.82, 2.24) is 0 Å². The van der Waals surface area contributed by atoms with E-state index in [1.54, 1.807) is 12.1 Å². The zero-order valence-electron chi connectivity index (χ0n) is 16.1. The number of para-hydroxylation sites is 2. The average molecular weight is 476 g/mol. The van der Waals surface area contributed by atoms with E-state index in [9.17, 15) is 20.0 Å². The van der Waals surface area contributed by atoms with Crippen LogP contribution in [-0.2, 0) is 13.9 Å². The monoisotopic (exact) mass is 475 g/mol. The van der Waals surface area contributed by atoms with Gasteiger partial charge in [-0.15, -0.1) is 0 Å². The second-order valence-corrected chi connectivity index (χ2v) is 9.39. The van der Waals surface area contributed by atoms with Crippen molar-refractivity contribution in [2.24, 2.45) is 11.8 Å². The Kier molecular flexibility index (Phi) is 3.78. The Morgan fingerprint density at radius 3 is 2.03 bits per heavy atom. The maximum atomic E-state index is 13.8. The van der Waals surface area contributed by atoms with Gasteiger partial charge >= 0.3 is 0 Å². The van der Waals surface area contributed by atoms with Crippen LogP contribution in [-0.4, -0.2) is 17.0 Å². The van der Waals surface area contributed by atoms with Crippen molar-refractivity contribution >= 4 is 39.1 Å². The predicted molar refractivity (Wildman–Crippen MR) is 118 cm³/mol. The lowest BCUT2D eigenvalue weighted by molar-refractivity contribution is -0.122. The minimum absolute atomic E-state index is 0.0908. The van der Waals surface area contributed by atoms with Gasteiger partial charge in [-0.3, -0.25) is 14.8 Å². The SMILES string of the molecule is O=C1[C@@H]2[C@@H](C(=O)N1c1ccccc1N([O-])O)C1c3ccccc3C2(Br)c2ccccc21. The number of carbonyl (C=O) groups excluding carboxylic acids is 2. The van der Waals surface area contributed by atoms with Crippen LogP contribution >= 0.6 is 15.9 Å². The maximum Gasteiger partial charge on any atom is 0.239 e. The third-order valence-corrected chi connectivity index (χ3v) is 8.19. The van der Waals surface area contributed by atoms with Crippen LogP contribution in [0, 0.1) is 17.0 Å². The number of imide groups is 1. The first-order chi connectivity index (χ1) is 15.0. The Labute approximate surface area is 186 Å². The van der Waals surface area contributed by atoms with Crippen LogP contribution in [0.1, 0.15) is 28.2 Å². The lowest BCUT2D eigenvalue weighted by Crippen LogP contribution is -2.50. The first-order valence-electron chi connectivity index (χ1n) is 9.97. The van der Waals surface area contributed by atoms with Crippen LogP contribution in [0.5, 0.6) is 0 Å². The Hall–Kier alpha value is -3.00. The molecular weight excluding hydrogens is 460 g/mol. The molecule has 154 valence electrons. The van der Waals surface area contributed by atoms with E-state index in [0.29, 0.717) is 0 Å². The summed E-state index contributed by atoms with van der Waals surface area (Å²) in [5.74, 6) is -2.27. The Morgan fingerprint density at radius 2 is 1.42 bits per heavy atom. The molecule has 1 heterocycles. The quantitative estimate of drug-likeness (QED) is 0.339. The topological polar surface area (TPSA) is 83.9 Å². The highest BCUT2D eigenvalue weighted by atomic mass is 79.9. The number of halogens is 1. The zero-order valence-corrected chi connectivity index (χ0v) is 17.7. The number of rotatable bonds is 2. The van der Waals surface area contributed by atoms with Crippen LogP contribution in [0.3, 0.4) is 0 Å². The molecule has 0 saturated carbocycles. The molecule has 7 heteroatoms. The molecule has 1 fully saturated rings. The van der Waals surface area contributed by atoms with Crippen LogP contribution in [0.4, 0.5) is 11.4 Å². The van der Waals surface area contributed by atoms with Gasteiger partial charge in [0, 0.05) is 5.92 Å². The lowest BCUT2D eigenvalue weighted by Gasteiger charge is -2.51. The highest BCUT2D eigenvalue weighted by Crippen LogP contribution is 2.66. The van der Waals surface area contributed by atoms with E-state index in [4.69, 9.17) is 0 Å². The molecule has 0 spiro atoms. The van der Waals surface area contributed by atoms with Gasteiger partial charge in [0.15, 0.2) is 0 Å². The molecule has 6 nitrogen and oxygen atoms in total. The third kappa shape index (κ3) is 2.18. The molecule has 3 aliphatic carbocycles. The van der Waals surface area contributed by atoms with E-state index < -0.39 is 16.2 Å². The summed E-state index contributed by atoms with van der Waals surface area (Å²) in [5, 5.41) is 21.0. The van der Waals surface area contributed by atoms with Crippen molar-refractivity contribution in [3.8, 4) is 0 Å². The standard InChI is InChI=1S/C24H16BrN2O4/c25-24-15-9-3-1-7-13(15)19(14-8-2-4-10-16(14)24)20-21(24)23(29)26(22(20)28)17-11-5-6-12-18(17)27(30)31/h1-12,19-21,30H/q-1/t19?,20-,21-,24?/m0/s1. The van der Waals surface area contributed by atoms with Gasteiger partial charge in [-0.05, 0) is 34.4 Å². The highest BCUT2D eigenvalue weighted by molar-refractivity contribution is 9.09. The fourth-order valence-electron chi connectivity index (χ4n) is 5.73. The normalized spacial score (nSPS) is 27.7. The van der Waals surface area contributed by atoms with E-state index in [1.807, 2.05) is 48.5 Å². The summed E-state index contributed by atoms with van der Waals surface area (Å²) in [6.07, 6.45) is 0. The second-order valence-electron chi connectivity index (χ2n) is 8.14. The highest BCUT2D eigenvalue weighted by Gasteiger charge is 2.67. The van der Waals surface area contributed by atoms with Crippen LogP contribution in [0.2, 0.25) is 0 Å². The number of nitrogens with zero attached hydrogens (tertiary/aromatic N) is 2. The summed E-state index contributed by atoms with van der Waals surface area (Å²) in [5.41, 5.74) is 3.99. The number of amides is 2. The van der Waals surface area contributed by atoms with Crippen LogP contribution < -0.4 is 10.1 Å². The Balaban J connectivity index is 1.61. The van der Waals surface area contributed by atoms with Crippen molar-refractivity contribution < 1.29 is 14.8 Å². The molecule has 0 unspecified atom stereocenters. The molecule has 2 atom stereocenters. The molecule has 2 amide bonds. The summed E-state index contributed by atoms with van der Waals surface area (Å²) >= 11 is 3.93. The smallest absolute Gasteiger partial charge is 0.239 e. The molecule has 7 rings (SSSR count).